The quantitative estimate of drug-likeness (QED) is 0.168. The van der Waals surface area contributed by atoms with E-state index in [1.165, 1.54) is 36.0 Å². The Kier molecular flexibility index (Phi) is 10.0. The Bertz CT molecular complexity index is 1580. The average molecular weight is 631 g/mol. The second-order valence-corrected chi connectivity index (χ2v) is 12.5. The zero-order valence-electron chi connectivity index (χ0n) is 24.8. The minimum atomic E-state index is -4.44. The summed E-state index contributed by atoms with van der Waals surface area (Å²) >= 11 is 0. The molecular weight excluding hydrogens is 595 g/mol. The third kappa shape index (κ3) is 7.07. The molecule has 1 aromatic carbocycles. The molecular formula is C28H35N6O9P. The summed E-state index contributed by atoms with van der Waals surface area (Å²) in [6, 6.07) is 11.8. The van der Waals surface area contributed by atoms with Gasteiger partial charge in [-0.15, -0.1) is 0 Å². The molecule has 3 heterocycles. The Morgan fingerprint density at radius 1 is 1.16 bits per heavy atom. The summed E-state index contributed by atoms with van der Waals surface area (Å²) in [5.74, 6) is -0.975. The first-order valence-corrected chi connectivity index (χ1v) is 15.4. The van der Waals surface area contributed by atoms with Crippen LogP contribution in [0.15, 0.2) is 48.8 Å². The number of anilines is 1. The second kappa shape index (κ2) is 13.4. The molecule has 15 nitrogen and oxygen atoms in total. The molecule has 4 N–H and O–H groups in total. The number of amides is 1. The molecule has 4 rings (SSSR count). The lowest BCUT2D eigenvalue weighted by molar-refractivity contribution is -0.149. The van der Waals surface area contributed by atoms with Crippen LogP contribution >= 0.6 is 7.75 Å². The molecule has 44 heavy (non-hydrogen) atoms. The summed E-state index contributed by atoms with van der Waals surface area (Å²) in [5.41, 5.74) is -1.62. The van der Waals surface area contributed by atoms with Gasteiger partial charge in [-0.3, -0.25) is 14.1 Å². The molecule has 236 valence electrons. The van der Waals surface area contributed by atoms with Crippen molar-refractivity contribution in [1.82, 2.24) is 19.7 Å². The first-order chi connectivity index (χ1) is 20.8. The van der Waals surface area contributed by atoms with Crippen molar-refractivity contribution in [2.45, 2.75) is 70.7 Å². The number of ether oxygens (including phenoxy) is 2. The lowest BCUT2D eigenvalue weighted by Crippen LogP contribution is -2.46. The van der Waals surface area contributed by atoms with Gasteiger partial charge in [-0.25, -0.2) is 14.1 Å². The van der Waals surface area contributed by atoms with Gasteiger partial charge in [0, 0.05) is 5.92 Å². The summed E-state index contributed by atoms with van der Waals surface area (Å²) < 4.78 is 37.6. The molecule has 1 saturated heterocycles. The van der Waals surface area contributed by atoms with Crippen molar-refractivity contribution in [1.29, 1.82) is 5.26 Å². The van der Waals surface area contributed by atoms with Crippen molar-refractivity contribution in [3.63, 3.8) is 0 Å². The summed E-state index contributed by atoms with van der Waals surface area (Å²) in [6.07, 6.45) is -4.04. The van der Waals surface area contributed by atoms with Crippen molar-refractivity contribution >= 4 is 31.0 Å². The SMILES string of the molecule is CC(C)OC(=O)[C@H](C)N[P@](=O)(OC[C@@]1(C#N)O[C@@H](c2ccc3c(NC(=O)C(C)C)ncnn23)[C@H](O)[C@@H]1O)Oc1ccccc1. The van der Waals surface area contributed by atoms with Crippen LogP contribution in [0.4, 0.5) is 5.82 Å². The number of benzene rings is 1. The van der Waals surface area contributed by atoms with Crippen LogP contribution in [0, 0.1) is 17.2 Å². The Labute approximate surface area is 253 Å². The molecule has 3 aromatic rings. The van der Waals surface area contributed by atoms with Crippen molar-refractivity contribution in [2.75, 3.05) is 11.9 Å². The van der Waals surface area contributed by atoms with Crippen LogP contribution in [-0.2, 0) is 28.2 Å². The van der Waals surface area contributed by atoms with Crippen molar-refractivity contribution in [2.24, 2.45) is 5.92 Å². The van der Waals surface area contributed by atoms with E-state index in [1.54, 1.807) is 52.0 Å². The minimum Gasteiger partial charge on any atom is -0.462 e. The number of fused-ring (bicyclic) bond motifs is 1. The van der Waals surface area contributed by atoms with Crippen molar-refractivity contribution in [3.05, 3.63) is 54.5 Å². The number of hydrogen-bond donors (Lipinski definition) is 4. The number of nitrogens with one attached hydrogen (secondary N) is 2. The molecule has 1 aliphatic rings. The maximum Gasteiger partial charge on any atom is 0.459 e. The maximum atomic E-state index is 13.9. The Morgan fingerprint density at radius 3 is 2.50 bits per heavy atom. The largest absolute Gasteiger partial charge is 0.462 e. The molecule has 2 aromatic heterocycles. The molecule has 1 fully saturated rings. The Morgan fingerprint density at radius 2 is 1.86 bits per heavy atom. The number of carbonyl (C=O) groups excluding carboxylic acids is 2. The van der Waals surface area contributed by atoms with Crippen LogP contribution in [0.5, 0.6) is 5.75 Å². The van der Waals surface area contributed by atoms with Gasteiger partial charge >= 0.3 is 13.7 Å². The van der Waals surface area contributed by atoms with Gasteiger partial charge in [-0.05, 0) is 45.0 Å². The number of aromatic nitrogens is 3. The van der Waals surface area contributed by atoms with E-state index in [2.05, 4.69) is 20.5 Å². The lowest BCUT2D eigenvalue weighted by Gasteiger charge is -2.28. The number of para-hydroxylation sites is 1. The number of nitriles is 1. The summed E-state index contributed by atoms with van der Waals surface area (Å²) in [7, 11) is -4.44. The van der Waals surface area contributed by atoms with Gasteiger partial charge in [0.15, 0.2) is 5.82 Å². The van der Waals surface area contributed by atoms with Gasteiger partial charge in [0.05, 0.1) is 11.8 Å². The molecule has 0 saturated carbocycles. The average Bonchev–Trinajstić information content (AvgIpc) is 3.51. The van der Waals surface area contributed by atoms with Crippen LogP contribution < -0.4 is 14.9 Å². The fourth-order valence-corrected chi connectivity index (χ4v) is 5.85. The standard InChI is InChI=1S/C28H35N6O9P/c1-16(2)26(37)32-25-21-12-11-20(34(21)31-15-30-25)23-22(35)24(36)28(13-29,42-23)14-40-44(39,43-19-9-7-6-8-10-19)33-18(5)27(38)41-17(3)4/h6-12,15-18,22-24,35-36H,14H2,1-5H3,(H,33,39)(H,30,31,32,37)/t18-,22-,23-,24-,28+,44-/m0/s1. The summed E-state index contributed by atoms with van der Waals surface area (Å²) in [5, 5.41) is 41.6. The van der Waals surface area contributed by atoms with E-state index in [0.29, 0.717) is 5.52 Å². The molecule has 0 spiro atoms. The topological polar surface area (TPSA) is 207 Å². The highest BCUT2D eigenvalue weighted by Gasteiger charge is 2.57. The summed E-state index contributed by atoms with van der Waals surface area (Å²) in [6.45, 7) is 7.31. The van der Waals surface area contributed by atoms with Crippen LogP contribution in [0.3, 0.4) is 0 Å². The zero-order chi connectivity index (χ0) is 32.2. The van der Waals surface area contributed by atoms with Gasteiger partial charge < -0.3 is 29.5 Å². The van der Waals surface area contributed by atoms with Crippen molar-refractivity contribution < 1.29 is 42.9 Å². The molecule has 0 aliphatic carbocycles. The van der Waals surface area contributed by atoms with Crippen LogP contribution in [0.25, 0.3) is 5.52 Å². The highest BCUT2D eigenvalue weighted by atomic mass is 31.2. The number of aliphatic hydroxyl groups is 2. The number of aliphatic hydroxyl groups excluding tert-OH is 2. The molecule has 16 heteroatoms. The first kappa shape index (κ1) is 33.0. The van der Waals surface area contributed by atoms with Gasteiger partial charge in [-0.1, -0.05) is 32.0 Å². The van der Waals surface area contributed by atoms with Crippen LogP contribution in [0.2, 0.25) is 0 Å². The van der Waals surface area contributed by atoms with E-state index in [9.17, 15) is 29.6 Å². The maximum absolute atomic E-state index is 13.9. The van der Waals surface area contributed by atoms with Gasteiger partial charge in [0.1, 0.15) is 54.6 Å². The predicted octanol–water partition coefficient (Wildman–Crippen LogP) is 2.51. The third-order valence-electron chi connectivity index (χ3n) is 6.65. The van der Waals surface area contributed by atoms with Crippen LogP contribution in [-0.4, -0.2) is 73.2 Å². The highest BCUT2D eigenvalue weighted by Crippen LogP contribution is 2.48. The molecule has 0 radical (unpaired) electrons. The normalized spacial score (nSPS) is 23.7. The monoisotopic (exact) mass is 630 g/mol. The molecule has 6 atom stereocenters. The van der Waals surface area contributed by atoms with Crippen LogP contribution in [0.1, 0.15) is 46.4 Å². The Balaban J connectivity index is 1.60. The van der Waals surface area contributed by atoms with Gasteiger partial charge in [-0.2, -0.15) is 15.4 Å². The molecule has 1 aliphatic heterocycles. The Hall–Kier alpha value is -3.90. The molecule has 1 amide bonds. The second-order valence-electron chi connectivity index (χ2n) is 10.8. The first-order valence-electron chi connectivity index (χ1n) is 13.9. The smallest absolute Gasteiger partial charge is 0.459 e. The van der Waals surface area contributed by atoms with E-state index >= 15 is 0 Å². The van der Waals surface area contributed by atoms with E-state index in [-0.39, 0.29) is 29.1 Å². The molecule has 0 unspecified atom stereocenters. The van der Waals surface area contributed by atoms with E-state index in [1.807, 2.05) is 6.07 Å². The number of carbonyl (C=O) groups is 2. The highest BCUT2D eigenvalue weighted by molar-refractivity contribution is 7.52. The number of hydrogen-bond acceptors (Lipinski definition) is 12. The van der Waals surface area contributed by atoms with E-state index < -0.39 is 56.4 Å². The van der Waals surface area contributed by atoms with Crippen molar-refractivity contribution in [3.8, 4) is 11.8 Å². The van der Waals surface area contributed by atoms with E-state index in [0.717, 1.165) is 0 Å². The predicted molar refractivity (Wildman–Crippen MR) is 155 cm³/mol. The van der Waals surface area contributed by atoms with Gasteiger partial charge in [0.25, 0.3) is 0 Å². The third-order valence-corrected chi connectivity index (χ3v) is 8.28. The minimum absolute atomic E-state index is 0.129. The summed E-state index contributed by atoms with van der Waals surface area (Å²) in [4.78, 5) is 28.8. The number of rotatable bonds is 12. The lowest BCUT2D eigenvalue weighted by atomic mass is 9.96. The molecule has 0 bridgehead atoms. The fraction of sp³-hybridized carbons (Fsp3) is 0.464. The van der Waals surface area contributed by atoms with Gasteiger partial charge in [0.2, 0.25) is 11.5 Å². The fourth-order valence-electron chi connectivity index (χ4n) is 4.33. The number of nitrogens with zero attached hydrogens (tertiary/aromatic N) is 4. The zero-order valence-corrected chi connectivity index (χ0v) is 25.7. The number of esters is 1. The van der Waals surface area contributed by atoms with E-state index in [4.69, 9.17) is 18.5 Å².